The van der Waals surface area contributed by atoms with Crippen LogP contribution in [0.1, 0.15) is 10.4 Å². The molecule has 0 aromatic heterocycles. The highest BCUT2D eigenvalue weighted by Crippen LogP contribution is 2.27. The number of ether oxygens (including phenoxy) is 1. The highest BCUT2D eigenvalue weighted by atomic mass is 16.5. The molecule has 0 unspecified atom stereocenters. The third-order valence-corrected chi connectivity index (χ3v) is 2.91. The van der Waals surface area contributed by atoms with Crippen molar-refractivity contribution in [3.05, 3.63) is 54.1 Å². The van der Waals surface area contributed by atoms with Gasteiger partial charge in [0.25, 0.3) is 5.91 Å². The third-order valence-electron chi connectivity index (χ3n) is 2.91. The molecule has 0 radical (unpaired) electrons. The van der Waals surface area contributed by atoms with Crippen molar-refractivity contribution in [3.63, 3.8) is 0 Å². The van der Waals surface area contributed by atoms with Crippen LogP contribution >= 0.6 is 0 Å². The average Bonchev–Trinajstić information content (AvgIpc) is 2.52. The highest BCUT2D eigenvalue weighted by molar-refractivity contribution is 6.08. The molecule has 5 N–H and O–H groups in total. The van der Waals surface area contributed by atoms with E-state index in [9.17, 15) is 9.59 Å². The zero-order valence-electron chi connectivity index (χ0n) is 11.9. The Bertz CT molecular complexity index is 685. The van der Waals surface area contributed by atoms with E-state index in [0.29, 0.717) is 22.7 Å². The predicted octanol–water partition coefficient (Wildman–Crippen LogP) is 1.51. The number of nitrogens with two attached hydrogens (primary N) is 2. The van der Waals surface area contributed by atoms with Crippen LogP contribution in [0.2, 0.25) is 0 Å². The van der Waals surface area contributed by atoms with E-state index in [1.165, 1.54) is 7.11 Å². The second-order valence-electron chi connectivity index (χ2n) is 4.41. The normalized spacial score (nSPS) is 9.86. The Morgan fingerprint density at radius 3 is 2.32 bits per heavy atom. The topological polar surface area (TPSA) is 111 Å². The van der Waals surface area contributed by atoms with E-state index in [0.717, 1.165) is 5.01 Å². The van der Waals surface area contributed by atoms with E-state index < -0.39 is 11.9 Å². The molecule has 2 rings (SSSR count). The van der Waals surface area contributed by atoms with Crippen LogP contribution in [-0.4, -0.2) is 19.0 Å². The maximum absolute atomic E-state index is 12.6. The Morgan fingerprint density at radius 2 is 1.73 bits per heavy atom. The number of carbonyl (C=O) groups is 2. The first-order valence-electron chi connectivity index (χ1n) is 6.42. The van der Waals surface area contributed by atoms with Crippen molar-refractivity contribution < 1.29 is 14.3 Å². The largest absolute Gasteiger partial charge is 0.494 e. The van der Waals surface area contributed by atoms with Gasteiger partial charge in [0.1, 0.15) is 11.4 Å². The number of hydrazine groups is 1. The number of hydrogen-bond acceptors (Lipinski definition) is 4. The summed E-state index contributed by atoms with van der Waals surface area (Å²) in [4.78, 5) is 23.8. The number of primary amides is 1. The minimum atomic E-state index is -0.866. The Balaban J connectivity index is 2.43. The first kappa shape index (κ1) is 15.2. The molecule has 3 amide bonds. The number of amides is 3. The third kappa shape index (κ3) is 3.26. The van der Waals surface area contributed by atoms with Crippen molar-refractivity contribution in [1.82, 2.24) is 5.43 Å². The summed E-state index contributed by atoms with van der Waals surface area (Å²) < 4.78 is 5.21. The van der Waals surface area contributed by atoms with Gasteiger partial charge in [0.2, 0.25) is 0 Å². The molecule has 22 heavy (non-hydrogen) atoms. The second kappa shape index (κ2) is 6.49. The van der Waals surface area contributed by atoms with Crippen molar-refractivity contribution in [2.45, 2.75) is 0 Å². The Kier molecular flexibility index (Phi) is 4.47. The molecule has 0 aliphatic rings. The molecule has 0 bridgehead atoms. The van der Waals surface area contributed by atoms with Gasteiger partial charge < -0.3 is 16.2 Å². The summed E-state index contributed by atoms with van der Waals surface area (Å²) in [5.41, 5.74) is 14.3. The molecule has 0 heterocycles. The van der Waals surface area contributed by atoms with Gasteiger partial charge in [0, 0.05) is 11.3 Å². The number of para-hydroxylation sites is 2. The number of urea groups is 1. The number of hydrogen-bond donors (Lipinski definition) is 3. The lowest BCUT2D eigenvalue weighted by molar-refractivity contribution is 0.0975. The SMILES string of the molecule is COc1ccccc1N(NC(N)=O)C(=O)c1ccc(N)cc1. The maximum Gasteiger partial charge on any atom is 0.331 e. The lowest BCUT2D eigenvalue weighted by Gasteiger charge is -2.24. The van der Waals surface area contributed by atoms with Crippen molar-refractivity contribution in [2.24, 2.45) is 5.73 Å². The summed E-state index contributed by atoms with van der Waals surface area (Å²) in [6.45, 7) is 0. The monoisotopic (exact) mass is 300 g/mol. The van der Waals surface area contributed by atoms with Crippen LogP contribution in [0.15, 0.2) is 48.5 Å². The van der Waals surface area contributed by atoms with Crippen molar-refractivity contribution in [2.75, 3.05) is 17.9 Å². The molecule has 114 valence electrons. The predicted molar refractivity (Wildman–Crippen MR) is 83.4 cm³/mol. The van der Waals surface area contributed by atoms with Gasteiger partial charge in [-0.15, -0.1) is 0 Å². The van der Waals surface area contributed by atoms with Crippen LogP contribution in [0, 0.1) is 0 Å². The van der Waals surface area contributed by atoms with Crippen LogP contribution in [-0.2, 0) is 0 Å². The van der Waals surface area contributed by atoms with Crippen LogP contribution in [0.5, 0.6) is 5.75 Å². The Hall–Kier alpha value is -3.22. The van der Waals surface area contributed by atoms with Crippen molar-refractivity contribution >= 4 is 23.3 Å². The zero-order chi connectivity index (χ0) is 16.1. The van der Waals surface area contributed by atoms with E-state index in [-0.39, 0.29) is 0 Å². The quantitative estimate of drug-likeness (QED) is 0.589. The lowest BCUT2D eigenvalue weighted by Crippen LogP contribution is -2.49. The fraction of sp³-hybridized carbons (Fsp3) is 0.0667. The molecule has 0 spiro atoms. The number of nitrogen functional groups attached to an aromatic ring is 1. The minimum absolute atomic E-state index is 0.342. The molecule has 7 heteroatoms. The molecule has 7 nitrogen and oxygen atoms in total. The van der Waals surface area contributed by atoms with Crippen molar-refractivity contribution in [3.8, 4) is 5.75 Å². The fourth-order valence-electron chi connectivity index (χ4n) is 1.90. The second-order valence-corrected chi connectivity index (χ2v) is 4.41. The first-order valence-corrected chi connectivity index (χ1v) is 6.42. The summed E-state index contributed by atoms with van der Waals surface area (Å²) in [5.74, 6) is -0.0525. The average molecular weight is 300 g/mol. The number of nitrogens with zero attached hydrogens (tertiary/aromatic N) is 1. The summed E-state index contributed by atoms with van der Waals surface area (Å²) >= 11 is 0. The summed E-state index contributed by atoms with van der Waals surface area (Å²) in [7, 11) is 1.47. The molecule has 2 aromatic carbocycles. The summed E-state index contributed by atoms with van der Waals surface area (Å²) in [5, 5.41) is 1.03. The summed E-state index contributed by atoms with van der Waals surface area (Å²) in [6.07, 6.45) is 0. The highest BCUT2D eigenvalue weighted by Gasteiger charge is 2.22. The Morgan fingerprint density at radius 1 is 1.09 bits per heavy atom. The van der Waals surface area contributed by atoms with Crippen LogP contribution in [0.4, 0.5) is 16.2 Å². The number of nitrogens with one attached hydrogen (secondary N) is 1. The van der Waals surface area contributed by atoms with Gasteiger partial charge in [-0.25, -0.2) is 15.2 Å². The number of benzene rings is 2. The van der Waals surface area contributed by atoms with Gasteiger partial charge in [-0.2, -0.15) is 0 Å². The zero-order valence-corrected chi connectivity index (χ0v) is 11.9. The number of methoxy groups -OCH3 is 1. The van der Waals surface area contributed by atoms with Crippen LogP contribution < -0.4 is 26.6 Å². The molecular weight excluding hydrogens is 284 g/mol. The van der Waals surface area contributed by atoms with E-state index >= 15 is 0 Å². The first-order chi connectivity index (χ1) is 10.5. The number of carbonyl (C=O) groups excluding carboxylic acids is 2. The van der Waals surface area contributed by atoms with Crippen molar-refractivity contribution in [1.29, 1.82) is 0 Å². The maximum atomic E-state index is 12.6. The minimum Gasteiger partial charge on any atom is -0.494 e. The smallest absolute Gasteiger partial charge is 0.331 e. The van der Waals surface area contributed by atoms with Gasteiger partial charge in [0.05, 0.1) is 7.11 Å². The van der Waals surface area contributed by atoms with Gasteiger partial charge in [-0.1, -0.05) is 12.1 Å². The number of rotatable bonds is 3. The molecule has 2 aromatic rings. The van der Waals surface area contributed by atoms with E-state index in [1.807, 2.05) is 0 Å². The lowest BCUT2D eigenvalue weighted by atomic mass is 10.2. The van der Waals surface area contributed by atoms with Gasteiger partial charge in [0.15, 0.2) is 0 Å². The van der Waals surface area contributed by atoms with Gasteiger partial charge >= 0.3 is 6.03 Å². The van der Waals surface area contributed by atoms with E-state index in [4.69, 9.17) is 16.2 Å². The molecule has 0 saturated heterocycles. The Labute approximate surface area is 127 Å². The van der Waals surface area contributed by atoms with Gasteiger partial charge in [-0.3, -0.25) is 4.79 Å². The van der Waals surface area contributed by atoms with E-state index in [2.05, 4.69) is 5.43 Å². The molecule has 0 atom stereocenters. The summed E-state index contributed by atoms with van der Waals surface area (Å²) in [6, 6.07) is 12.2. The molecular formula is C15H16N4O3. The number of anilines is 2. The van der Waals surface area contributed by atoms with Crippen LogP contribution in [0.3, 0.4) is 0 Å². The molecule has 0 fully saturated rings. The van der Waals surface area contributed by atoms with E-state index in [1.54, 1.807) is 48.5 Å². The van der Waals surface area contributed by atoms with Crippen LogP contribution in [0.25, 0.3) is 0 Å². The van der Waals surface area contributed by atoms with Gasteiger partial charge in [-0.05, 0) is 36.4 Å². The molecule has 0 aliphatic carbocycles. The molecule has 0 saturated carbocycles. The fourth-order valence-corrected chi connectivity index (χ4v) is 1.90. The molecule has 0 aliphatic heterocycles. The standard InChI is InChI=1S/C15H16N4O3/c1-22-13-5-3-2-4-12(13)19(18-15(17)21)14(20)10-6-8-11(16)9-7-10/h2-9H,16H2,1H3,(H3,17,18,21).